The van der Waals surface area contributed by atoms with Crippen LogP contribution in [0.2, 0.25) is 0 Å². The first-order valence-corrected chi connectivity index (χ1v) is 6.97. The number of carbonyl (C=O) groups is 2. The van der Waals surface area contributed by atoms with Crippen molar-refractivity contribution < 1.29 is 28.1 Å². The summed E-state index contributed by atoms with van der Waals surface area (Å²) >= 11 is 0. The number of ether oxygens (including phenoxy) is 1. The van der Waals surface area contributed by atoms with Gasteiger partial charge in [-0.05, 0) is 12.1 Å². The Kier molecular flexibility index (Phi) is 4.33. The highest BCUT2D eigenvalue weighted by molar-refractivity contribution is 7.85. The van der Waals surface area contributed by atoms with Crippen molar-refractivity contribution in [2.24, 2.45) is 0 Å². The largest absolute Gasteiger partial charge is 0.475 e. The monoisotopic (exact) mass is 287 g/mol. The fraction of sp³-hybridized carbons (Fsp3) is 0.455. The third kappa shape index (κ3) is 3.42. The quantitative estimate of drug-likeness (QED) is 0.833. The number of hydrogen-bond acceptors (Lipinski definition) is 5. The Morgan fingerprint density at radius 1 is 1.32 bits per heavy atom. The lowest BCUT2D eigenvalue weighted by molar-refractivity contribution is -0.132. The number of morpholine rings is 1. The normalized spacial score (nSPS) is 17.2. The Labute approximate surface area is 111 Å². The summed E-state index contributed by atoms with van der Waals surface area (Å²) in [5.41, 5.74) is 0. The Balaban J connectivity index is 1.95. The van der Waals surface area contributed by atoms with Gasteiger partial charge in [-0.2, -0.15) is 0 Å². The number of nitrogens with zero attached hydrogens (tertiary/aromatic N) is 1. The van der Waals surface area contributed by atoms with Crippen molar-refractivity contribution in [1.29, 1.82) is 0 Å². The van der Waals surface area contributed by atoms with E-state index in [4.69, 9.17) is 14.3 Å². The first-order chi connectivity index (χ1) is 9.08. The minimum Gasteiger partial charge on any atom is -0.475 e. The molecule has 0 spiro atoms. The molecular formula is C11H13NO6S. The van der Waals surface area contributed by atoms with Gasteiger partial charge in [0.15, 0.2) is 5.09 Å². The lowest BCUT2D eigenvalue weighted by Crippen LogP contribution is -2.42. The number of carbonyl (C=O) groups excluding carboxylic acids is 1. The van der Waals surface area contributed by atoms with Gasteiger partial charge in [-0.15, -0.1) is 0 Å². The third-order valence-corrected chi connectivity index (χ3v) is 3.81. The van der Waals surface area contributed by atoms with Crippen LogP contribution in [0, 0.1) is 0 Å². The highest BCUT2D eigenvalue weighted by Gasteiger charge is 2.21. The summed E-state index contributed by atoms with van der Waals surface area (Å²) in [6.45, 7) is 1.91. The molecule has 0 aliphatic carbocycles. The highest BCUT2D eigenvalue weighted by atomic mass is 32.2. The van der Waals surface area contributed by atoms with Crippen LogP contribution in [0.15, 0.2) is 21.6 Å². The predicted molar refractivity (Wildman–Crippen MR) is 64.3 cm³/mol. The molecule has 8 heteroatoms. The summed E-state index contributed by atoms with van der Waals surface area (Å²) in [7, 11) is -1.67. The van der Waals surface area contributed by atoms with Gasteiger partial charge in [-0.1, -0.05) is 0 Å². The zero-order valence-electron chi connectivity index (χ0n) is 10.0. The van der Waals surface area contributed by atoms with E-state index in [9.17, 15) is 13.8 Å². The number of aromatic carboxylic acids is 1. The highest BCUT2D eigenvalue weighted by Crippen LogP contribution is 2.13. The summed E-state index contributed by atoms with van der Waals surface area (Å²) in [6, 6.07) is 2.53. The Morgan fingerprint density at radius 2 is 2.00 bits per heavy atom. The molecule has 7 nitrogen and oxygen atoms in total. The molecule has 1 amide bonds. The van der Waals surface area contributed by atoms with Crippen LogP contribution in [0.3, 0.4) is 0 Å². The average Bonchev–Trinajstić information content (AvgIpc) is 2.89. The lowest BCUT2D eigenvalue weighted by atomic mass is 10.4. The van der Waals surface area contributed by atoms with E-state index >= 15 is 0 Å². The molecule has 1 saturated heterocycles. The zero-order valence-corrected chi connectivity index (χ0v) is 10.9. The fourth-order valence-corrected chi connectivity index (χ4v) is 2.60. The Bertz CT molecular complexity index is 505. The summed E-state index contributed by atoms with van der Waals surface area (Å²) in [5, 5.41) is 8.68. The van der Waals surface area contributed by atoms with Crippen molar-refractivity contribution in [1.82, 2.24) is 4.90 Å². The van der Waals surface area contributed by atoms with Crippen LogP contribution in [-0.4, -0.2) is 58.1 Å². The number of amides is 1. The van der Waals surface area contributed by atoms with Gasteiger partial charge in [0.05, 0.1) is 24.0 Å². The maximum atomic E-state index is 11.9. The van der Waals surface area contributed by atoms with Crippen molar-refractivity contribution in [2.75, 3.05) is 32.1 Å². The van der Waals surface area contributed by atoms with Gasteiger partial charge in [-0.3, -0.25) is 9.00 Å². The van der Waals surface area contributed by atoms with Gasteiger partial charge in [0, 0.05) is 13.1 Å². The molecule has 1 unspecified atom stereocenters. The van der Waals surface area contributed by atoms with Gasteiger partial charge in [-0.25, -0.2) is 4.79 Å². The van der Waals surface area contributed by atoms with Crippen LogP contribution >= 0.6 is 0 Å². The van der Waals surface area contributed by atoms with Crippen LogP contribution in [0.4, 0.5) is 0 Å². The van der Waals surface area contributed by atoms with Gasteiger partial charge in [0.2, 0.25) is 11.7 Å². The molecule has 1 atom stereocenters. The maximum Gasteiger partial charge on any atom is 0.371 e. The van der Waals surface area contributed by atoms with E-state index < -0.39 is 16.8 Å². The van der Waals surface area contributed by atoms with Crippen LogP contribution in [-0.2, 0) is 20.3 Å². The number of carboxylic acid groups (broad SMARTS) is 1. The van der Waals surface area contributed by atoms with E-state index in [1.165, 1.54) is 12.1 Å². The van der Waals surface area contributed by atoms with Crippen molar-refractivity contribution in [3.63, 3.8) is 0 Å². The lowest BCUT2D eigenvalue weighted by Gasteiger charge is -2.26. The van der Waals surface area contributed by atoms with Crippen LogP contribution in [0.5, 0.6) is 0 Å². The molecular weight excluding hydrogens is 274 g/mol. The Morgan fingerprint density at radius 3 is 2.58 bits per heavy atom. The van der Waals surface area contributed by atoms with E-state index in [-0.39, 0.29) is 22.5 Å². The molecule has 1 aliphatic heterocycles. The van der Waals surface area contributed by atoms with Crippen molar-refractivity contribution in [3.05, 3.63) is 17.9 Å². The minimum absolute atomic E-state index is 0.000917. The van der Waals surface area contributed by atoms with Gasteiger partial charge < -0.3 is 19.2 Å². The first kappa shape index (κ1) is 13.8. The molecule has 0 radical (unpaired) electrons. The van der Waals surface area contributed by atoms with E-state index in [1.54, 1.807) is 4.90 Å². The number of carboxylic acids is 1. The van der Waals surface area contributed by atoms with E-state index in [2.05, 4.69) is 0 Å². The van der Waals surface area contributed by atoms with Crippen LogP contribution in [0.1, 0.15) is 10.6 Å². The van der Waals surface area contributed by atoms with Crippen molar-refractivity contribution in [3.8, 4) is 0 Å². The molecule has 0 saturated carbocycles. The van der Waals surface area contributed by atoms with E-state index in [0.717, 1.165) is 0 Å². The maximum absolute atomic E-state index is 11.9. The first-order valence-electron chi connectivity index (χ1n) is 5.65. The molecule has 104 valence electrons. The molecule has 0 aromatic carbocycles. The average molecular weight is 287 g/mol. The second-order valence-electron chi connectivity index (χ2n) is 3.91. The van der Waals surface area contributed by atoms with Crippen LogP contribution < -0.4 is 0 Å². The van der Waals surface area contributed by atoms with Crippen molar-refractivity contribution >= 4 is 22.7 Å². The van der Waals surface area contributed by atoms with Gasteiger partial charge in [0.25, 0.3) is 0 Å². The third-order valence-electron chi connectivity index (χ3n) is 2.63. The smallest absolute Gasteiger partial charge is 0.371 e. The zero-order chi connectivity index (χ0) is 13.8. The van der Waals surface area contributed by atoms with Crippen LogP contribution in [0.25, 0.3) is 0 Å². The van der Waals surface area contributed by atoms with E-state index in [0.29, 0.717) is 26.3 Å². The van der Waals surface area contributed by atoms with Crippen molar-refractivity contribution in [2.45, 2.75) is 5.09 Å². The molecule has 0 bridgehead atoms. The topological polar surface area (TPSA) is 97.0 Å². The summed E-state index contributed by atoms with van der Waals surface area (Å²) in [4.78, 5) is 24.0. The molecule has 1 aromatic heterocycles. The molecule has 1 aromatic rings. The fourth-order valence-electron chi connectivity index (χ4n) is 1.64. The minimum atomic E-state index is -1.67. The molecule has 2 heterocycles. The number of rotatable bonds is 4. The second-order valence-corrected chi connectivity index (χ2v) is 5.29. The second kappa shape index (κ2) is 5.98. The summed E-state index contributed by atoms with van der Waals surface area (Å²) in [6.07, 6.45) is 0. The molecule has 2 rings (SSSR count). The van der Waals surface area contributed by atoms with Gasteiger partial charge >= 0.3 is 5.97 Å². The number of furan rings is 1. The number of hydrogen-bond donors (Lipinski definition) is 1. The molecule has 19 heavy (non-hydrogen) atoms. The predicted octanol–water partition coefficient (Wildman–Crippen LogP) is -0.0558. The summed E-state index contributed by atoms with van der Waals surface area (Å²) < 4.78 is 21.9. The standard InChI is InChI=1S/C11H13NO6S/c13-9(12-3-5-17-6-4-12)7-19(16)10-2-1-8(18-10)11(14)15/h1-2H,3-7H2,(H,14,15). The Hall–Kier alpha value is -1.67. The SMILES string of the molecule is O=C(O)c1ccc(S(=O)CC(=O)N2CCOCC2)o1. The van der Waals surface area contributed by atoms with Gasteiger partial charge in [0.1, 0.15) is 5.75 Å². The molecule has 1 N–H and O–H groups in total. The molecule has 1 aliphatic rings. The molecule has 1 fully saturated rings. The van der Waals surface area contributed by atoms with E-state index in [1.807, 2.05) is 0 Å². The summed E-state index contributed by atoms with van der Waals surface area (Å²) in [5.74, 6) is -1.99.